The van der Waals surface area contributed by atoms with Gasteiger partial charge in [-0.05, 0) is 12.5 Å². The molecule has 2 aliphatic heterocycles. The third-order valence-electron chi connectivity index (χ3n) is 5.11. The van der Waals surface area contributed by atoms with E-state index in [0.717, 1.165) is 16.2 Å². The van der Waals surface area contributed by atoms with Crippen LogP contribution in [0.1, 0.15) is 6.92 Å². The fraction of sp³-hybridized carbons (Fsp3) is 0.650. The van der Waals surface area contributed by atoms with Crippen molar-refractivity contribution in [1.29, 1.82) is 0 Å². The van der Waals surface area contributed by atoms with Gasteiger partial charge in [0.2, 0.25) is 0 Å². The summed E-state index contributed by atoms with van der Waals surface area (Å²) in [6, 6.07) is 0. The maximum atomic E-state index is 12.7. The molecule has 0 unspecified atom stereocenters. The third kappa shape index (κ3) is 7.82. The van der Waals surface area contributed by atoms with E-state index in [9.17, 15) is 31.1 Å². The zero-order valence-electron chi connectivity index (χ0n) is 18.0. The highest BCUT2D eigenvalue weighted by Crippen LogP contribution is 2.36. The number of piperazine rings is 1. The van der Waals surface area contributed by atoms with Gasteiger partial charge in [-0.3, -0.25) is 4.90 Å². The first-order valence-corrected chi connectivity index (χ1v) is 10.5. The standard InChI is InChI=1S/C20H26ClF6N3O3/c1-3-4-15(16(14(2)21)29-9-11-32-12-10-29)13-28-5-7-30(8-6-28)18(31)33-17(19(22,23)24)20(25,26)27/h3-4,17H,1,5-13H2,2H3/b15-4-,16-14-. The van der Waals surface area contributed by atoms with E-state index in [0.29, 0.717) is 37.9 Å². The van der Waals surface area contributed by atoms with Crippen molar-refractivity contribution >= 4 is 17.7 Å². The number of hydrogen-bond acceptors (Lipinski definition) is 5. The van der Waals surface area contributed by atoms with Crippen LogP contribution in [0.2, 0.25) is 0 Å². The minimum absolute atomic E-state index is 0.0842. The van der Waals surface area contributed by atoms with Gasteiger partial charge in [0, 0.05) is 50.8 Å². The van der Waals surface area contributed by atoms with Crippen molar-refractivity contribution in [2.24, 2.45) is 0 Å². The van der Waals surface area contributed by atoms with Crippen molar-refractivity contribution in [1.82, 2.24) is 14.7 Å². The molecule has 0 N–H and O–H groups in total. The highest BCUT2D eigenvalue weighted by atomic mass is 35.5. The first-order valence-electron chi connectivity index (χ1n) is 10.2. The molecule has 188 valence electrons. The van der Waals surface area contributed by atoms with Gasteiger partial charge in [0.05, 0.1) is 18.9 Å². The second-order valence-electron chi connectivity index (χ2n) is 7.52. The minimum atomic E-state index is -5.75. The Morgan fingerprint density at radius 2 is 1.58 bits per heavy atom. The number of halogens is 7. The average molecular weight is 506 g/mol. The number of hydrogen-bond donors (Lipinski definition) is 0. The maximum Gasteiger partial charge on any atom is 0.434 e. The Hall–Kier alpha value is -1.92. The topological polar surface area (TPSA) is 45.2 Å². The number of allylic oxidation sites excluding steroid dienone is 3. The SMILES string of the molecule is C=C/C=C(CN1CCN(C(=O)OC(C(F)(F)F)C(F)(F)F)CC1)\C(=C(/C)Cl)N1CCOCC1. The Morgan fingerprint density at radius 3 is 2.03 bits per heavy atom. The Balaban J connectivity index is 2.01. The number of carbonyl (C=O) groups is 1. The predicted molar refractivity (Wildman–Crippen MR) is 110 cm³/mol. The number of ether oxygens (including phenoxy) is 2. The average Bonchev–Trinajstić information content (AvgIpc) is 2.71. The molecular weight excluding hydrogens is 480 g/mol. The summed E-state index contributed by atoms with van der Waals surface area (Å²) < 4.78 is 85.1. The lowest BCUT2D eigenvalue weighted by molar-refractivity contribution is -0.308. The van der Waals surface area contributed by atoms with Crippen molar-refractivity contribution in [3.8, 4) is 0 Å². The molecule has 0 radical (unpaired) electrons. The summed E-state index contributed by atoms with van der Waals surface area (Å²) in [5.41, 5.74) is 1.67. The van der Waals surface area contributed by atoms with Gasteiger partial charge in [-0.25, -0.2) is 4.79 Å². The van der Waals surface area contributed by atoms with Crippen LogP contribution in [0.5, 0.6) is 0 Å². The molecule has 0 aromatic heterocycles. The van der Waals surface area contributed by atoms with Crippen molar-refractivity contribution in [2.75, 3.05) is 59.0 Å². The van der Waals surface area contributed by atoms with Crippen molar-refractivity contribution in [3.05, 3.63) is 35.0 Å². The number of rotatable bonds is 6. The van der Waals surface area contributed by atoms with Crippen LogP contribution in [-0.2, 0) is 9.47 Å². The monoisotopic (exact) mass is 505 g/mol. The second kappa shape index (κ2) is 11.5. The number of amides is 1. The highest BCUT2D eigenvalue weighted by Gasteiger charge is 2.60. The normalized spacial score (nSPS) is 20.1. The first-order chi connectivity index (χ1) is 15.3. The number of morpholine rings is 1. The molecule has 2 fully saturated rings. The molecule has 0 atom stereocenters. The zero-order valence-corrected chi connectivity index (χ0v) is 18.8. The molecule has 0 aromatic carbocycles. The molecule has 1 amide bonds. The van der Waals surface area contributed by atoms with E-state index < -0.39 is 24.5 Å². The molecule has 0 aliphatic carbocycles. The lowest BCUT2D eigenvalue weighted by atomic mass is 10.1. The Morgan fingerprint density at radius 1 is 1.03 bits per heavy atom. The highest BCUT2D eigenvalue weighted by molar-refractivity contribution is 6.29. The van der Waals surface area contributed by atoms with E-state index in [1.807, 2.05) is 4.90 Å². The van der Waals surface area contributed by atoms with Crippen LogP contribution >= 0.6 is 11.6 Å². The van der Waals surface area contributed by atoms with E-state index in [1.54, 1.807) is 19.1 Å². The maximum absolute atomic E-state index is 12.7. The molecule has 2 saturated heterocycles. The van der Waals surface area contributed by atoms with Crippen LogP contribution in [0.4, 0.5) is 31.1 Å². The minimum Gasteiger partial charge on any atom is -0.426 e. The van der Waals surface area contributed by atoms with Gasteiger partial charge in [0.15, 0.2) is 0 Å². The fourth-order valence-electron chi connectivity index (χ4n) is 3.60. The van der Waals surface area contributed by atoms with Crippen molar-refractivity contribution in [3.63, 3.8) is 0 Å². The van der Waals surface area contributed by atoms with Gasteiger partial charge in [-0.1, -0.05) is 30.3 Å². The third-order valence-corrected chi connectivity index (χ3v) is 5.29. The van der Waals surface area contributed by atoms with E-state index >= 15 is 0 Å². The smallest absolute Gasteiger partial charge is 0.426 e. The summed E-state index contributed by atoms with van der Waals surface area (Å²) in [4.78, 5) is 16.8. The lowest BCUT2D eigenvalue weighted by Crippen LogP contribution is -2.53. The van der Waals surface area contributed by atoms with E-state index in [2.05, 4.69) is 16.2 Å². The molecule has 6 nitrogen and oxygen atoms in total. The van der Waals surface area contributed by atoms with Crippen LogP contribution in [-0.4, -0.2) is 98.3 Å². The van der Waals surface area contributed by atoms with Gasteiger partial charge in [-0.15, -0.1) is 0 Å². The molecule has 13 heteroatoms. The predicted octanol–water partition coefficient (Wildman–Crippen LogP) is 4.15. The summed E-state index contributed by atoms with van der Waals surface area (Å²) in [7, 11) is 0. The van der Waals surface area contributed by atoms with E-state index in [-0.39, 0.29) is 26.2 Å². The van der Waals surface area contributed by atoms with E-state index in [4.69, 9.17) is 16.3 Å². The fourth-order valence-corrected chi connectivity index (χ4v) is 3.84. The molecule has 0 bridgehead atoms. The van der Waals surface area contributed by atoms with Crippen molar-refractivity contribution < 1.29 is 40.6 Å². The van der Waals surface area contributed by atoms with E-state index in [1.165, 1.54) is 0 Å². The number of carbonyl (C=O) groups excluding carboxylic acids is 1. The molecular formula is C20H26ClF6N3O3. The summed E-state index contributed by atoms with van der Waals surface area (Å²) in [5, 5.41) is 0.567. The van der Waals surface area contributed by atoms with Gasteiger partial charge < -0.3 is 19.3 Å². The van der Waals surface area contributed by atoms with Crippen LogP contribution < -0.4 is 0 Å². The summed E-state index contributed by atoms with van der Waals surface area (Å²) >= 11 is 6.36. The Bertz CT molecular complexity index is 737. The molecule has 0 aromatic rings. The molecule has 33 heavy (non-hydrogen) atoms. The lowest BCUT2D eigenvalue weighted by Gasteiger charge is -2.37. The summed E-state index contributed by atoms with van der Waals surface area (Å²) in [5.74, 6) is 0. The summed E-state index contributed by atoms with van der Waals surface area (Å²) in [6.45, 7) is 8.56. The van der Waals surface area contributed by atoms with Gasteiger partial charge in [-0.2, -0.15) is 26.3 Å². The quantitative estimate of drug-likeness (QED) is 0.401. The van der Waals surface area contributed by atoms with Crippen molar-refractivity contribution in [2.45, 2.75) is 25.4 Å². The molecule has 0 spiro atoms. The van der Waals surface area contributed by atoms with Crippen LogP contribution in [0.3, 0.4) is 0 Å². The molecule has 2 heterocycles. The molecule has 2 rings (SSSR count). The zero-order chi connectivity index (χ0) is 24.8. The van der Waals surface area contributed by atoms with Gasteiger partial charge in [0.1, 0.15) is 0 Å². The first kappa shape index (κ1) is 27.3. The Labute approximate surface area is 193 Å². The molecule has 0 saturated carbocycles. The Kier molecular flexibility index (Phi) is 9.50. The van der Waals surface area contributed by atoms with Crippen LogP contribution in [0, 0.1) is 0 Å². The second-order valence-corrected chi connectivity index (χ2v) is 8.09. The number of nitrogens with zero attached hydrogens (tertiary/aromatic N) is 3. The van der Waals surface area contributed by atoms with Crippen LogP contribution in [0.25, 0.3) is 0 Å². The largest absolute Gasteiger partial charge is 0.434 e. The van der Waals surface area contributed by atoms with Gasteiger partial charge >= 0.3 is 18.4 Å². The summed E-state index contributed by atoms with van der Waals surface area (Å²) in [6.07, 6.45) is -13.9. The molecule has 2 aliphatic rings. The van der Waals surface area contributed by atoms with Gasteiger partial charge in [0.25, 0.3) is 6.10 Å². The number of alkyl halides is 6. The van der Waals surface area contributed by atoms with Crippen LogP contribution in [0.15, 0.2) is 35.0 Å².